The normalized spacial score (nSPS) is 20.0. The molecule has 1 aromatic heterocycles. The molecule has 1 saturated heterocycles. The van der Waals surface area contributed by atoms with E-state index in [2.05, 4.69) is 21.3 Å². The lowest BCUT2D eigenvalue weighted by Crippen LogP contribution is -2.35. The van der Waals surface area contributed by atoms with Gasteiger partial charge in [0.05, 0.1) is 3.79 Å². The van der Waals surface area contributed by atoms with E-state index in [0.29, 0.717) is 13.2 Å². The fraction of sp³-hybridized carbons (Fsp3) is 0.545. The predicted molar refractivity (Wildman–Crippen MR) is 67.5 cm³/mol. The third kappa shape index (κ3) is 2.84. The number of amides is 1. The van der Waals surface area contributed by atoms with E-state index in [1.807, 2.05) is 13.1 Å². The lowest BCUT2D eigenvalue weighted by atomic mass is 10.2. The van der Waals surface area contributed by atoms with E-state index >= 15 is 0 Å². The van der Waals surface area contributed by atoms with Gasteiger partial charge in [-0.1, -0.05) is 0 Å². The molecule has 0 bridgehead atoms. The highest BCUT2D eigenvalue weighted by molar-refractivity contribution is 9.11. The van der Waals surface area contributed by atoms with Crippen molar-refractivity contribution in [2.45, 2.75) is 25.5 Å². The third-order valence-corrected chi connectivity index (χ3v) is 4.18. The van der Waals surface area contributed by atoms with Crippen LogP contribution in [0.25, 0.3) is 0 Å². The first-order chi connectivity index (χ1) is 7.66. The maximum absolute atomic E-state index is 11.9. The van der Waals surface area contributed by atoms with E-state index in [4.69, 9.17) is 4.74 Å². The largest absolute Gasteiger partial charge is 0.368 e. The molecule has 0 radical (unpaired) electrons. The average Bonchev–Trinajstić information content (AvgIpc) is 2.88. The van der Waals surface area contributed by atoms with E-state index in [1.165, 1.54) is 0 Å². The zero-order valence-corrected chi connectivity index (χ0v) is 11.5. The molecular weight excluding hydrogens is 290 g/mol. The van der Waals surface area contributed by atoms with Crippen molar-refractivity contribution in [1.82, 2.24) is 4.90 Å². The SMILES string of the molecule is CN(Cc1csc(Br)c1)C(=O)[C@@H]1CCCO1. The van der Waals surface area contributed by atoms with E-state index in [9.17, 15) is 4.79 Å². The molecule has 0 aromatic carbocycles. The molecule has 5 heteroatoms. The van der Waals surface area contributed by atoms with Crippen molar-refractivity contribution in [3.8, 4) is 0 Å². The average molecular weight is 304 g/mol. The number of halogens is 1. The van der Waals surface area contributed by atoms with Gasteiger partial charge in [-0.25, -0.2) is 0 Å². The first-order valence-corrected chi connectivity index (χ1v) is 6.93. The van der Waals surface area contributed by atoms with Crippen LogP contribution in [0.5, 0.6) is 0 Å². The van der Waals surface area contributed by atoms with Crippen LogP contribution in [0, 0.1) is 0 Å². The number of nitrogens with zero attached hydrogens (tertiary/aromatic N) is 1. The second kappa shape index (κ2) is 5.29. The summed E-state index contributed by atoms with van der Waals surface area (Å²) in [7, 11) is 1.83. The molecule has 0 saturated carbocycles. The lowest BCUT2D eigenvalue weighted by molar-refractivity contribution is -0.140. The summed E-state index contributed by atoms with van der Waals surface area (Å²) in [5.74, 6) is 0.0971. The molecule has 1 aliphatic heterocycles. The molecule has 3 nitrogen and oxygen atoms in total. The van der Waals surface area contributed by atoms with Crippen molar-refractivity contribution in [2.75, 3.05) is 13.7 Å². The fourth-order valence-electron chi connectivity index (χ4n) is 1.80. The molecule has 88 valence electrons. The first kappa shape index (κ1) is 12.1. The Morgan fingerprint density at radius 3 is 3.12 bits per heavy atom. The van der Waals surface area contributed by atoms with Crippen molar-refractivity contribution in [1.29, 1.82) is 0 Å². The monoisotopic (exact) mass is 303 g/mol. The minimum Gasteiger partial charge on any atom is -0.368 e. The molecule has 1 fully saturated rings. The summed E-state index contributed by atoms with van der Waals surface area (Å²) in [4.78, 5) is 13.7. The molecule has 2 rings (SSSR count). The molecule has 1 aliphatic rings. The minimum atomic E-state index is -0.216. The summed E-state index contributed by atoms with van der Waals surface area (Å²) < 4.78 is 6.48. The van der Waals surface area contributed by atoms with Crippen molar-refractivity contribution in [3.63, 3.8) is 0 Å². The lowest BCUT2D eigenvalue weighted by Gasteiger charge is -2.19. The van der Waals surface area contributed by atoms with Crippen LogP contribution < -0.4 is 0 Å². The molecule has 1 atom stereocenters. The Labute approximate surface area is 108 Å². The number of ether oxygens (including phenoxy) is 1. The highest BCUT2D eigenvalue weighted by Gasteiger charge is 2.26. The van der Waals surface area contributed by atoms with Gasteiger partial charge in [0, 0.05) is 20.2 Å². The molecule has 16 heavy (non-hydrogen) atoms. The van der Waals surface area contributed by atoms with Gasteiger partial charge >= 0.3 is 0 Å². The van der Waals surface area contributed by atoms with Gasteiger partial charge in [-0.05, 0) is 45.8 Å². The van der Waals surface area contributed by atoms with Crippen LogP contribution >= 0.6 is 27.3 Å². The molecule has 0 unspecified atom stereocenters. The fourth-order valence-corrected chi connectivity index (χ4v) is 3.00. The predicted octanol–water partition coefficient (Wildman–Crippen LogP) is 2.65. The Kier molecular flexibility index (Phi) is 4.00. The minimum absolute atomic E-state index is 0.0971. The standard InChI is InChI=1S/C11H14BrNO2S/c1-13(6-8-5-10(12)16-7-8)11(14)9-3-2-4-15-9/h5,7,9H,2-4,6H2,1H3/t9-/m0/s1. The summed E-state index contributed by atoms with van der Waals surface area (Å²) in [6.07, 6.45) is 1.64. The van der Waals surface area contributed by atoms with Gasteiger partial charge in [0.1, 0.15) is 6.10 Å². The summed E-state index contributed by atoms with van der Waals surface area (Å²) in [6, 6.07) is 2.05. The highest BCUT2D eigenvalue weighted by atomic mass is 79.9. The van der Waals surface area contributed by atoms with Crippen LogP contribution in [0.1, 0.15) is 18.4 Å². The maximum atomic E-state index is 11.9. The number of likely N-dealkylation sites (N-methyl/N-ethyl adjacent to an activating group) is 1. The van der Waals surface area contributed by atoms with Gasteiger partial charge in [-0.2, -0.15) is 0 Å². The second-order valence-electron chi connectivity index (χ2n) is 3.96. The van der Waals surface area contributed by atoms with Crippen LogP contribution in [0.15, 0.2) is 15.2 Å². The number of hydrogen-bond acceptors (Lipinski definition) is 3. The summed E-state index contributed by atoms with van der Waals surface area (Å²) in [5.41, 5.74) is 1.16. The van der Waals surface area contributed by atoms with Crippen molar-refractivity contribution in [3.05, 3.63) is 20.8 Å². The summed E-state index contributed by atoms with van der Waals surface area (Å²) in [6.45, 7) is 1.37. The van der Waals surface area contributed by atoms with E-state index in [1.54, 1.807) is 16.2 Å². The highest BCUT2D eigenvalue weighted by Crippen LogP contribution is 2.22. The molecular formula is C11H14BrNO2S. The smallest absolute Gasteiger partial charge is 0.251 e. The van der Waals surface area contributed by atoms with Crippen molar-refractivity contribution >= 4 is 33.2 Å². The molecule has 1 aromatic rings. The number of carbonyl (C=O) groups excluding carboxylic acids is 1. The van der Waals surface area contributed by atoms with Gasteiger partial charge in [0.2, 0.25) is 0 Å². The Hall–Kier alpha value is -0.390. The number of carbonyl (C=O) groups is 1. The van der Waals surface area contributed by atoms with Gasteiger partial charge < -0.3 is 9.64 Å². The zero-order chi connectivity index (χ0) is 11.5. The van der Waals surface area contributed by atoms with E-state index in [-0.39, 0.29) is 12.0 Å². The third-order valence-electron chi connectivity index (χ3n) is 2.62. The van der Waals surface area contributed by atoms with Crippen molar-refractivity contribution in [2.24, 2.45) is 0 Å². The maximum Gasteiger partial charge on any atom is 0.251 e. The van der Waals surface area contributed by atoms with Gasteiger partial charge in [0.15, 0.2) is 0 Å². The Morgan fingerprint density at radius 1 is 1.75 bits per heavy atom. The Bertz CT molecular complexity index is 374. The Balaban J connectivity index is 1.91. The molecule has 0 spiro atoms. The quantitative estimate of drug-likeness (QED) is 0.859. The van der Waals surface area contributed by atoms with Gasteiger partial charge in [0.25, 0.3) is 5.91 Å². The van der Waals surface area contributed by atoms with Crippen molar-refractivity contribution < 1.29 is 9.53 Å². The second-order valence-corrected chi connectivity index (χ2v) is 6.25. The Morgan fingerprint density at radius 2 is 2.56 bits per heavy atom. The first-order valence-electron chi connectivity index (χ1n) is 5.26. The topological polar surface area (TPSA) is 29.5 Å². The zero-order valence-electron chi connectivity index (χ0n) is 9.11. The van der Waals surface area contributed by atoms with E-state index < -0.39 is 0 Å². The molecule has 0 aliphatic carbocycles. The summed E-state index contributed by atoms with van der Waals surface area (Å²) in [5, 5.41) is 2.06. The van der Waals surface area contributed by atoms with Crippen LogP contribution in [-0.4, -0.2) is 30.6 Å². The van der Waals surface area contributed by atoms with Crippen LogP contribution in [-0.2, 0) is 16.1 Å². The van der Waals surface area contributed by atoms with Crippen LogP contribution in [0.4, 0.5) is 0 Å². The number of hydrogen-bond donors (Lipinski definition) is 0. The van der Waals surface area contributed by atoms with E-state index in [0.717, 1.165) is 22.2 Å². The van der Waals surface area contributed by atoms with Crippen LogP contribution in [0.2, 0.25) is 0 Å². The number of rotatable bonds is 3. The van der Waals surface area contributed by atoms with Gasteiger partial charge in [-0.15, -0.1) is 11.3 Å². The molecule has 0 N–H and O–H groups in total. The number of thiophene rings is 1. The summed E-state index contributed by atoms with van der Waals surface area (Å²) >= 11 is 5.05. The molecule has 1 amide bonds. The van der Waals surface area contributed by atoms with Crippen LogP contribution in [0.3, 0.4) is 0 Å². The molecule has 2 heterocycles. The van der Waals surface area contributed by atoms with Gasteiger partial charge in [-0.3, -0.25) is 4.79 Å².